The van der Waals surface area contributed by atoms with Gasteiger partial charge in [-0.05, 0) is 5.92 Å². The van der Waals surface area contributed by atoms with Gasteiger partial charge in [0.05, 0.1) is 6.54 Å². The Balaban J connectivity index is 2.40. The average Bonchev–Trinajstić information content (AvgIpc) is 2.36. The van der Waals surface area contributed by atoms with Crippen molar-refractivity contribution in [3.8, 4) is 0 Å². The molecule has 12 heavy (non-hydrogen) atoms. The van der Waals surface area contributed by atoms with Gasteiger partial charge < -0.3 is 10.6 Å². The van der Waals surface area contributed by atoms with Gasteiger partial charge in [-0.3, -0.25) is 4.99 Å². The minimum absolute atomic E-state index is 0.254. The van der Waals surface area contributed by atoms with Crippen LogP contribution in [-0.4, -0.2) is 36.9 Å². The Labute approximate surface area is 74.6 Å². The lowest BCUT2D eigenvalue weighted by atomic mass is 10.0. The van der Waals surface area contributed by atoms with Gasteiger partial charge >= 0.3 is 0 Å². The van der Waals surface area contributed by atoms with Crippen LogP contribution in [0.5, 0.6) is 0 Å². The number of nitrogens with two attached hydrogens (primary N) is 1. The van der Waals surface area contributed by atoms with E-state index in [0.29, 0.717) is 5.92 Å². The Kier molecular flexibility index (Phi) is 3.09. The third-order valence-corrected chi connectivity index (χ3v) is 2.44. The molecule has 1 atom stereocenters. The molecule has 1 rings (SSSR count). The third-order valence-electron chi connectivity index (χ3n) is 2.44. The van der Waals surface area contributed by atoms with Gasteiger partial charge in [0, 0.05) is 26.1 Å². The van der Waals surface area contributed by atoms with Crippen LogP contribution in [0, 0.1) is 5.92 Å². The van der Waals surface area contributed by atoms with Gasteiger partial charge in [0.1, 0.15) is 5.84 Å². The lowest BCUT2D eigenvalue weighted by Crippen LogP contribution is -2.34. The van der Waals surface area contributed by atoms with E-state index in [2.05, 4.69) is 30.8 Å². The Morgan fingerprint density at radius 1 is 1.58 bits per heavy atom. The number of aliphatic imine (C=N–C) groups is 1. The molecule has 1 heterocycles. The van der Waals surface area contributed by atoms with Crippen molar-refractivity contribution in [2.24, 2.45) is 16.6 Å². The van der Waals surface area contributed by atoms with Crippen LogP contribution in [0.15, 0.2) is 4.99 Å². The fraction of sp³-hybridized carbons (Fsp3) is 0.889. The summed E-state index contributed by atoms with van der Waals surface area (Å²) < 4.78 is 0. The maximum Gasteiger partial charge on any atom is 0.100 e. The molecule has 0 aromatic rings. The molecule has 0 radical (unpaired) electrons. The van der Waals surface area contributed by atoms with Crippen LogP contribution in [0.1, 0.15) is 20.3 Å². The number of hydrogen-bond donors (Lipinski definition) is 1. The molecule has 70 valence electrons. The molecule has 1 unspecified atom stereocenters. The van der Waals surface area contributed by atoms with Crippen LogP contribution in [0.3, 0.4) is 0 Å². The highest BCUT2D eigenvalue weighted by Crippen LogP contribution is 2.09. The number of nitrogens with zero attached hydrogens (tertiary/aromatic N) is 2. The van der Waals surface area contributed by atoms with Gasteiger partial charge in [-0.25, -0.2) is 0 Å². The van der Waals surface area contributed by atoms with Crippen molar-refractivity contribution in [2.75, 3.05) is 20.1 Å². The van der Waals surface area contributed by atoms with E-state index in [1.807, 2.05) is 0 Å². The van der Waals surface area contributed by atoms with Gasteiger partial charge in [-0.1, -0.05) is 13.8 Å². The van der Waals surface area contributed by atoms with Crippen LogP contribution in [0.25, 0.3) is 0 Å². The number of hydrogen-bond acceptors (Lipinski definition) is 3. The van der Waals surface area contributed by atoms with E-state index in [0.717, 1.165) is 19.5 Å². The minimum atomic E-state index is 0.254. The summed E-state index contributed by atoms with van der Waals surface area (Å²) in [6.07, 6.45) is 0.925. The van der Waals surface area contributed by atoms with Crippen molar-refractivity contribution in [1.29, 1.82) is 0 Å². The molecule has 0 bridgehead atoms. The Morgan fingerprint density at radius 3 is 2.67 bits per heavy atom. The summed E-state index contributed by atoms with van der Waals surface area (Å²) in [5.74, 6) is 1.72. The average molecular weight is 169 g/mol. The van der Waals surface area contributed by atoms with E-state index in [4.69, 9.17) is 5.73 Å². The molecule has 3 nitrogen and oxygen atoms in total. The molecule has 1 aliphatic heterocycles. The fourth-order valence-electron chi connectivity index (χ4n) is 1.25. The third kappa shape index (κ3) is 2.21. The summed E-state index contributed by atoms with van der Waals surface area (Å²) in [6.45, 7) is 6.30. The Bertz CT molecular complexity index is 175. The lowest BCUT2D eigenvalue weighted by Gasteiger charge is -2.19. The summed E-state index contributed by atoms with van der Waals surface area (Å²) >= 11 is 0. The maximum absolute atomic E-state index is 5.95. The zero-order chi connectivity index (χ0) is 9.14. The van der Waals surface area contributed by atoms with E-state index in [9.17, 15) is 0 Å². The monoisotopic (exact) mass is 169 g/mol. The molecule has 2 N–H and O–H groups in total. The lowest BCUT2D eigenvalue weighted by molar-refractivity contribution is 0.476. The molecule has 0 aliphatic carbocycles. The number of likely N-dealkylation sites (N-methyl/N-ethyl adjacent to an activating group) is 1. The van der Waals surface area contributed by atoms with Crippen molar-refractivity contribution >= 4 is 5.84 Å². The maximum atomic E-state index is 5.95. The topological polar surface area (TPSA) is 41.6 Å². The van der Waals surface area contributed by atoms with Crippen LogP contribution in [0.4, 0.5) is 0 Å². The molecule has 0 saturated heterocycles. The van der Waals surface area contributed by atoms with E-state index < -0.39 is 0 Å². The highest BCUT2D eigenvalue weighted by molar-refractivity contribution is 5.84. The zero-order valence-corrected chi connectivity index (χ0v) is 8.25. The second-order valence-electron chi connectivity index (χ2n) is 3.83. The molecule has 1 aliphatic rings. The Morgan fingerprint density at radius 2 is 2.25 bits per heavy atom. The van der Waals surface area contributed by atoms with Gasteiger partial charge in [0.2, 0.25) is 0 Å². The first-order valence-corrected chi connectivity index (χ1v) is 4.61. The zero-order valence-electron chi connectivity index (χ0n) is 8.25. The first kappa shape index (κ1) is 9.52. The second kappa shape index (κ2) is 3.90. The minimum Gasteiger partial charge on any atom is -0.362 e. The van der Waals surface area contributed by atoms with Crippen molar-refractivity contribution in [1.82, 2.24) is 4.90 Å². The van der Waals surface area contributed by atoms with E-state index in [1.165, 1.54) is 5.84 Å². The van der Waals surface area contributed by atoms with E-state index >= 15 is 0 Å². The normalized spacial score (nSPS) is 20.1. The van der Waals surface area contributed by atoms with Gasteiger partial charge in [-0.15, -0.1) is 0 Å². The summed E-state index contributed by atoms with van der Waals surface area (Å²) in [5.41, 5.74) is 5.95. The molecular weight excluding hydrogens is 150 g/mol. The van der Waals surface area contributed by atoms with Gasteiger partial charge in [0.25, 0.3) is 0 Å². The van der Waals surface area contributed by atoms with Crippen LogP contribution in [0.2, 0.25) is 0 Å². The smallest absolute Gasteiger partial charge is 0.100 e. The summed E-state index contributed by atoms with van der Waals surface area (Å²) in [7, 11) is 2.08. The summed E-state index contributed by atoms with van der Waals surface area (Å²) in [5, 5.41) is 0. The first-order valence-electron chi connectivity index (χ1n) is 4.61. The predicted octanol–water partition coefficient (Wildman–Crippen LogP) is 0.704. The molecule has 0 fully saturated rings. The van der Waals surface area contributed by atoms with Crippen molar-refractivity contribution in [2.45, 2.75) is 26.3 Å². The SMILES string of the molecule is CC(C)C(N)CC1=NCCN1C. The van der Waals surface area contributed by atoms with E-state index in [-0.39, 0.29) is 6.04 Å². The van der Waals surface area contributed by atoms with Gasteiger partial charge in [0.15, 0.2) is 0 Å². The molecule has 0 spiro atoms. The number of amidine groups is 1. The van der Waals surface area contributed by atoms with E-state index in [1.54, 1.807) is 0 Å². The van der Waals surface area contributed by atoms with Crippen molar-refractivity contribution in [3.05, 3.63) is 0 Å². The molecule has 0 amide bonds. The first-order chi connectivity index (χ1) is 5.61. The number of rotatable bonds is 3. The largest absolute Gasteiger partial charge is 0.362 e. The quantitative estimate of drug-likeness (QED) is 0.676. The molecule has 0 aromatic carbocycles. The van der Waals surface area contributed by atoms with Crippen molar-refractivity contribution < 1.29 is 0 Å². The van der Waals surface area contributed by atoms with Crippen LogP contribution >= 0.6 is 0 Å². The summed E-state index contributed by atoms with van der Waals surface area (Å²) in [6, 6.07) is 0.254. The molecule has 3 heteroatoms. The molecule has 0 aromatic heterocycles. The second-order valence-corrected chi connectivity index (χ2v) is 3.83. The van der Waals surface area contributed by atoms with Crippen molar-refractivity contribution in [3.63, 3.8) is 0 Å². The van der Waals surface area contributed by atoms with Crippen LogP contribution < -0.4 is 5.73 Å². The van der Waals surface area contributed by atoms with Gasteiger partial charge in [-0.2, -0.15) is 0 Å². The fourth-order valence-corrected chi connectivity index (χ4v) is 1.25. The van der Waals surface area contributed by atoms with Crippen LogP contribution in [-0.2, 0) is 0 Å². The molecular formula is C9H19N3. The Hall–Kier alpha value is -0.570. The predicted molar refractivity (Wildman–Crippen MR) is 52.4 cm³/mol. The summed E-state index contributed by atoms with van der Waals surface area (Å²) in [4.78, 5) is 6.60. The highest BCUT2D eigenvalue weighted by atomic mass is 15.2. The standard InChI is InChI=1S/C9H19N3/c1-7(2)8(10)6-9-11-4-5-12(9)3/h7-8H,4-6,10H2,1-3H3. The highest BCUT2D eigenvalue weighted by Gasteiger charge is 2.17. The molecule has 0 saturated carbocycles.